The van der Waals surface area contributed by atoms with Crippen LogP contribution < -0.4 is 0 Å². The fourth-order valence-electron chi connectivity index (χ4n) is 2.75. The highest BCUT2D eigenvalue weighted by Crippen LogP contribution is 2.29. The molecule has 128 valence electrons. The molecule has 1 saturated heterocycles. The molecule has 6 heteroatoms. The summed E-state index contributed by atoms with van der Waals surface area (Å²) in [5.41, 5.74) is 2.11. The van der Waals surface area contributed by atoms with Gasteiger partial charge in [-0.25, -0.2) is 0 Å². The number of rotatable bonds is 5. The van der Waals surface area contributed by atoms with Crippen LogP contribution in [0, 0.1) is 0 Å². The Labute approximate surface area is 151 Å². The molecule has 0 bridgehead atoms. The minimum Gasteiger partial charge on any atom is -0.355 e. The Bertz CT molecular complexity index is 802. The zero-order chi connectivity index (χ0) is 16.9. The van der Waals surface area contributed by atoms with Crippen LogP contribution in [0.5, 0.6) is 0 Å². The van der Waals surface area contributed by atoms with Crippen molar-refractivity contribution in [3.63, 3.8) is 0 Å². The minimum absolute atomic E-state index is 0.194. The molecule has 1 fully saturated rings. The quantitative estimate of drug-likeness (QED) is 0.653. The number of benzene rings is 2. The maximum absolute atomic E-state index is 5.64. The second kappa shape index (κ2) is 7.82. The third kappa shape index (κ3) is 3.76. The Morgan fingerprint density at radius 1 is 1.00 bits per heavy atom. The third-order valence-electron chi connectivity index (χ3n) is 4.05. The molecular weight excluding hydrogens is 334 g/mol. The van der Waals surface area contributed by atoms with E-state index in [-0.39, 0.29) is 6.10 Å². The average molecular weight is 353 g/mol. The van der Waals surface area contributed by atoms with E-state index in [9.17, 15) is 0 Å². The molecule has 0 saturated carbocycles. The van der Waals surface area contributed by atoms with Gasteiger partial charge in [-0.3, -0.25) is 4.57 Å². The van der Waals surface area contributed by atoms with Crippen molar-refractivity contribution < 1.29 is 9.47 Å². The molecule has 0 amide bonds. The van der Waals surface area contributed by atoms with Crippen LogP contribution >= 0.6 is 11.8 Å². The Morgan fingerprint density at radius 2 is 1.76 bits per heavy atom. The van der Waals surface area contributed by atoms with Crippen molar-refractivity contribution in [2.75, 3.05) is 19.2 Å². The summed E-state index contributed by atoms with van der Waals surface area (Å²) in [5.74, 6) is 1.69. The van der Waals surface area contributed by atoms with Crippen LogP contribution in [0.2, 0.25) is 0 Å². The molecule has 2 aromatic carbocycles. The summed E-state index contributed by atoms with van der Waals surface area (Å²) in [5, 5.41) is 9.77. The van der Waals surface area contributed by atoms with Crippen LogP contribution in [0.1, 0.15) is 6.42 Å². The fourth-order valence-corrected chi connectivity index (χ4v) is 3.77. The molecule has 25 heavy (non-hydrogen) atoms. The monoisotopic (exact) mass is 353 g/mol. The topological polar surface area (TPSA) is 49.2 Å². The molecule has 0 N–H and O–H groups in total. The third-order valence-corrected chi connectivity index (χ3v) is 5.11. The molecule has 1 atom stereocenters. The van der Waals surface area contributed by atoms with E-state index in [0.717, 1.165) is 41.0 Å². The van der Waals surface area contributed by atoms with E-state index >= 15 is 0 Å². The summed E-state index contributed by atoms with van der Waals surface area (Å²) in [4.78, 5) is 0. The molecule has 1 aliphatic heterocycles. The van der Waals surface area contributed by atoms with Gasteiger partial charge in [0.1, 0.15) is 6.79 Å². The van der Waals surface area contributed by atoms with Crippen molar-refractivity contribution in [3.05, 3.63) is 60.7 Å². The zero-order valence-electron chi connectivity index (χ0n) is 13.7. The van der Waals surface area contributed by atoms with Gasteiger partial charge in [-0.05, 0) is 18.6 Å². The van der Waals surface area contributed by atoms with E-state index in [2.05, 4.69) is 39.0 Å². The second-order valence-corrected chi connectivity index (χ2v) is 6.74. The van der Waals surface area contributed by atoms with Crippen LogP contribution in [0.3, 0.4) is 0 Å². The Morgan fingerprint density at radius 3 is 2.48 bits per heavy atom. The first-order valence-electron chi connectivity index (χ1n) is 8.30. The molecular formula is C19H19N3O2S. The van der Waals surface area contributed by atoms with Crippen LogP contribution in [0.25, 0.3) is 17.1 Å². The first-order chi connectivity index (χ1) is 12.4. The van der Waals surface area contributed by atoms with E-state index in [1.54, 1.807) is 11.8 Å². The first kappa shape index (κ1) is 16.3. The Balaban J connectivity index is 1.65. The lowest BCUT2D eigenvalue weighted by Gasteiger charge is -2.22. The van der Waals surface area contributed by atoms with E-state index in [4.69, 9.17) is 9.47 Å². The van der Waals surface area contributed by atoms with E-state index in [1.807, 2.05) is 36.4 Å². The minimum atomic E-state index is 0.194. The molecule has 0 spiro atoms. The van der Waals surface area contributed by atoms with Gasteiger partial charge in [0.2, 0.25) is 0 Å². The lowest BCUT2D eigenvalue weighted by Crippen LogP contribution is -2.25. The summed E-state index contributed by atoms with van der Waals surface area (Å²) in [6.45, 7) is 1.14. The summed E-state index contributed by atoms with van der Waals surface area (Å²) >= 11 is 1.67. The molecule has 1 aliphatic rings. The second-order valence-electron chi connectivity index (χ2n) is 5.76. The number of aromatic nitrogens is 3. The number of hydrogen-bond acceptors (Lipinski definition) is 5. The number of thioether (sulfide) groups is 1. The van der Waals surface area contributed by atoms with Crippen molar-refractivity contribution in [3.8, 4) is 17.1 Å². The van der Waals surface area contributed by atoms with Crippen molar-refractivity contribution >= 4 is 11.8 Å². The highest BCUT2D eigenvalue weighted by atomic mass is 32.2. The van der Waals surface area contributed by atoms with Gasteiger partial charge in [0, 0.05) is 17.0 Å². The van der Waals surface area contributed by atoms with E-state index in [0.29, 0.717) is 6.79 Å². The molecule has 0 aliphatic carbocycles. The van der Waals surface area contributed by atoms with Crippen molar-refractivity contribution in [2.24, 2.45) is 0 Å². The van der Waals surface area contributed by atoms with E-state index in [1.165, 1.54) is 0 Å². The van der Waals surface area contributed by atoms with Gasteiger partial charge >= 0.3 is 0 Å². The predicted molar refractivity (Wildman–Crippen MR) is 97.8 cm³/mol. The predicted octanol–water partition coefficient (Wildman–Crippen LogP) is 3.79. The van der Waals surface area contributed by atoms with Crippen molar-refractivity contribution in [2.45, 2.75) is 17.7 Å². The number of ether oxygens (including phenoxy) is 2. The average Bonchev–Trinajstić information content (AvgIpc) is 3.12. The number of hydrogen-bond donors (Lipinski definition) is 0. The molecule has 5 nitrogen and oxygen atoms in total. The number of para-hydroxylation sites is 1. The van der Waals surface area contributed by atoms with Crippen LogP contribution in [-0.2, 0) is 9.47 Å². The van der Waals surface area contributed by atoms with Crippen LogP contribution in [0.4, 0.5) is 0 Å². The zero-order valence-corrected chi connectivity index (χ0v) is 14.6. The standard InChI is InChI=1S/C19H19N3O2S/c1-3-7-15(8-4-1)18-20-21-19(22(18)16-9-5-2-6-10-16)25-13-17-11-12-23-14-24-17/h1-10,17H,11-14H2. The molecule has 0 radical (unpaired) electrons. The molecule has 4 rings (SSSR count). The van der Waals surface area contributed by atoms with Gasteiger partial charge in [-0.15, -0.1) is 10.2 Å². The normalized spacial score (nSPS) is 17.5. The van der Waals surface area contributed by atoms with Crippen LogP contribution in [-0.4, -0.2) is 40.0 Å². The van der Waals surface area contributed by atoms with Gasteiger partial charge in [0.25, 0.3) is 0 Å². The maximum atomic E-state index is 5.64. The summed E-state index contributed by atoms with van der Waals surface area (Å²) in [7, 11) is 0. The summed E-state index contributed by atoms with van der Waals surface area (Å²) < 4.78 is 13.0. The fraction of sp³-hybridized carbons (Fsp3) is 0.263. The largest absolute Gasteiger partial charge is 0.355 e. The Kier molecular flexibility index (Phi) is 5.11. The summed E-state index contributed by atoms with van der Waals surface area (Å²) in [6.07, 6.45) is 1.11. The number of nitrogens with zero attached hydrogens (tertiary/aromatic N) is 3. The lowest BCUT2D eigenvalue weighted by molar-refractivity contribution is -0.130. The van der Waals surface area contributed by atoms with Gasteiger partial charge in [0.05, 0.1) is 12.7 Å². The molecule has 2 heterocycles. The van der Waals surface area contributed by atoms with E-state index < -0.39 is 0 Å². The van der Waals surface area contributed by atoms with Crippen molar-refractivity contribution in [1.82, 2.24) is 14.8 Å². The summed E-state index contributed by atoms with van der Waals surface area (Å²) in [6, 6.07) is 20.4. The van der Waals surface area contributed by atoms with Gasteiger partial charge in [-0.1, -0.05) is 60.3 Å². The maximum Gasteiger partial charge on any atom is 0.196 e. The van der Waals surface area contributed by atoms with Gasteiger partial charge in [-0.2, -0.15) is 0 Å². The first-order valence-corrected chi connectivity index (χ1v) is 9.29. The highest BCUT2D eigenvalue weighted by Gasteiger charge is 2.19. The lowest BCUT2D eigenvalue weighted by atomic mass is 10.2. The van der Waals surface area contributed by atoms with Gasteiger partial charge in [0.15, 0.2) is 11.0 Å². The molecule has 1 unspecified atom stereocenters. The van der Waals surface area contributed by atoms with Crippen LogP contribution in [0.15, 0.2) is 65.8 Å². The van der Waals surface area contributed by atoms with Gasteiger partial charge < -0.3 is 9.47 Å². The Hall–Kier alpha value is -2.15. The molecule has 1 aromatic heterocycles. The van der Waals surface area contributed by atoms with Crippen molar-refractivity contribution in [1.29, 1.82) is 0 Å². The SMILES string of the molecule is c1ccc(-c2nnc(SCC3CCOCO3)n2-c2ccccc2)cc1. The molecule has 3 aromatic rings. The highest BCUT2D eigenvalue weighted by molar-refractivity contribution is 7.99. The smallest absolute Gasteiger partial charge is 0.196 e.